The molecule has 0 saturated heterocycles. The number of nitrogens with zero attached hydrogens (tertiary/aromatic N) is 1. The highest BCUT2D eigenvalue weighted by Gasteiger charge is 2.36. The average molecular weight is 334 g/mol. The number of nitrogens with one attached hydrogen (secondary N) is 2. The lowest BCUT2D eigenvalue weighted by Gasteiger charge is -2.30. The molecule has 0 aliphatic carbocycles. The molecule has 23 heavy (non-hydrogen) atoms. The van der Waals surface area contributed by atoms with Crippen molar-refractivity contribution in [2.24, 2.45) is 5.41 Å². The van der Waals surface area contributed by atoms with Gasteiger partial charge in [0.15, 0.2) is 0 Å². The number of carbonyl (C=O) groups is 1. The van der Waals surface area contributed by atoms with Crippen LogP contribution in [0.25, 0.3) is 10.2 Å². The molecule has 5 heteroatoms. The second kappa shape index (κ2) is 7.88. The molecule has 2 rings (SSSR count). The molecule has 1 heterocycles. The van der Waals surface area contributed by atoms with E-state index in [4.69, 9.17) is 4.98 Å². The monoisotopic (exact) mass is 333 g/mol. The van der Waals surface area contributed by atoms with Gasteiger partial charge in [0.1, 0.15) is 0 Å². The number of rotatable bonds is 8. The molecule has 0 saturated carbocycles. The predicted octanol–water partition coefficient (Wildman–Crippen LogP) is 3.37. The molecule has 0 aliphatic rings. The summed E-state index contributed by atoms with van der Waals surface area (Å²) in [5, 5.41) is 7.30. The number of likely N-dealkylation sites (N-methyl/N-ethyl adjacent to an activating group) is 1. The fourth-order valence-electron chi connectivity index (χ4n) is 2.72. The van der Waals surface area contributed by atoms with Crippen LogP contribution in [-0.4, -0.2) is 30.5 Å². The van der Waals surface area contributed by atoms with Crippen molar-refractivity contribution in [1.29, 1.82) is 0 Å². The van der Waals surface area contributed by atoms with Crippen molar-refractivity contribution < 1.29 is 4.79 Å². The summed E-state index contributed by atoms with van der Waals surface area (Å²) in [7, 11) is 1.91. The van der Waals surface area contributed by atoms with Crippen molar-refractivity contribution in [3.8, 4) is 0 Å². The van der Waals surface area contributed by atoms with Crippen LogP contribution in [0.2, 0.25) is 0 Å². The van der Waals surface area contributed by atoms with Gasteiger partial charge >= 0.3 is 0 Å². The number of amides is 1. The first-order valence-electron chi connectivity index (χ1n) is 8.34. The number of aromatic nitrogens is 1. The van der Waals surface area contributed by atoms with E-state index in [9.17, 15) is 4.79 Å². The molecule has 0 bridgehead atoms. The van der Waals surface area contributed by atoms with E-state index >= 15 is 0 Å². The molecule has 0 spiro atoms. The Hall–Kier alpha value is -1.46. The van der Waals surface area contributed by atoms with Crippen molar-refractivity contribution in [1.82, 2.24) is 15.6 Å². The van der Waals surface area contributed by atoms with Gasteiger partial charge in [-0.25, -0.2) is 4.98 Å². The Bertz CT molecular complexity index is 616. The molecule has 0 fully saturated rings. The summed E-state index contributed by atoms with van der Waals surface area (Å²) in [5.74, 6) is 0.142. The van der Waals surface area contributed by atoms with Crippen LogP contribution in [-0.2, 0) is 11.2 Å². The van der Waals surface area contributed by atoms with Crippen LogP contribution in [0.1, 0.15) is 38.6 Å². The minimum Gasteiger partial charge on any atom is -0.354 e. The van der Waals surface area contributed by atoms with Crippen LogP contribution in [0.4, 0.5) is 0 Å². The van der Waals surface area contributed by atoms with Crippen LogP contribution in [0.15, 0.2) is 24.3 Å². The SMILES string of the molecule is CCC(CC)(Cc1nc2ccccc2s1)C(=O)NCC(C)NC. The number of fused-ring (bicyclic) bond motifs is 1. The first-order chi connectivity index (χ1) is 11.0. The quantitative estimate of drug-likeness (QED) is 0.779. The van der Waals surface area contributed by atoms with Gasteiger partial charge in [-0.1, -0.05) is 26.0 Å². The summed E-state index contributed by atoms with van der Waals surface area (Å²) in [6.45, 7) is 6.90. The van der Waals surface area contributed by atoms with E-state index in [0.717, 1.165) is 23.4 Å². The second-order valence-electron chi connectivity index (χ2n) is 6.14. The molecule has 4 nitrogen and oxygen atoms in total. The van der Waals surface area contributed by atoms with Crippen LogP contribution in [0.5, 0.6) is 0 Å². The molecular weight excluding hydrogens is 306 g/mol. The summed E-state index contributed by atoms with van der Waals surface area (Å²) < 4.78 is 1.19. The lowest BCUT2D eigenvalue weighted by atomic mass is 9.78. The van der Waals surface area contributed by atoms with E-state index in [-0.39, 0.29) is 17.4 Å². The van der Waals surface area contributed by atoms with Crippen molar-refractivity contribution in [3.05, 3.63) is 29.3 Å². The van der Waals surface area contributed by atoms with E-state index in [1.54, 1.807) is 11.3 Å². The van der Waals surface area contributed by atoms with Gasteiger partial charge < -0.3 is 10.6 Å². The van der Waals surface area contributed by atoms with Crippen molar-refractivity contribution in [2.45, 2.75) is 46.1 Å². The van der Waals surface area contributed by atoms with Gasteiger partial charge in [-0.2, -0.15) is 0 Å². The van der Waals surface area contributed by atoms with E-state index < -0.39 is 0 Å². The Morgan fingerprint density at radius 2 is 2.00 bits per heavy atom. The number of thiazole rings is 1. The van der Waals surface area contributed by atoms with Crippen molar-refractivity contribution >= 4 is 27.5 Å². The molecule has 0 aliphatic heterocycles. The van der Waals surface area contributed by atoms with E-state index in [2.05, 4.69) is 37.5 Å². The summed E-state index contributed by atoms with van der Waals surface area (Å²) in [4.78, 5) is 17.5. The molecular formula is C18H27N3OS. The Morgan fingerprint density at radius 1 is 1.30 bits per heavy atom. The van der Waals surface area contributed by atoms with Crippen molar-refractivity contribution in [3.63, 3.8) is 0 Å². The Balaban J connectivity index is 2.17. The number of para-hydroxylation sites is 1. The van der Waals surface area contributed by atoms with Crippen LogP contribution in [0, 0.1) is 5.41 Å². The van der Waals surface area contributed by atoms with Crippen LogP contribution >= 0.6 is 11.3 Å². The van der Waals surface area contributed by atoms with Gasteiger partial charge in [-0.05, 0) is 38.9 Å². The number of hydrogen-bond acceptors (Lipinski definition) is 4. The maximum absolute atomic E-state index is 12.8. The van der Waals surface area contributed by atoms with E-state index in [1.165, 1.54) is 4.70 Å². The molecule has 1 unspecified atom stereocenters. The maximum atomic E-state index is 12.8. The predicted molar refractivity (Wildman–Crippen MR) is 97.9 cm³/mol. The fourth-order valence-corrected chi connectivity index (χ4v) is 3.83. The smallest absolute Gasteiger partial charge is 0.226 e. The number of hydrogen-bond donors (Lipinski definition) is 2. The largest absolute Gasteiger partial charge is 0.354 e. The van der Waals surface area contributed by atoms with E-state index in [1.807, 2.05) is 25.2 Å². The molecule has 0 radical (unpaired) electrons. The third-order valence-corrected chi connectivity index (χ3v) is 5.76. The van der Waals surface area contributed by atoms with Gasteiger partial charge in [0.25, 0.3) is 0 Å². The Morgan fingerprint density at radius 3 is 2.61 bits per heavy atom. The van der Waals surface area contributed by atoms with Gasteiger partial charge in [-0.15, -0.1) is 11.3 Å². The molecule has 2 aromatic rings. The number of benzene rings is 1. The standard InChI is InChI=1S/C18H27N3OS/c1-5-18(6-2,17(22)20-12-13(3)19-4)11-16-21-14-9-7-8-10-15(14)23-16/h7-10,13,19H,5-6,11-12H2,1-4H3,(H,20,22). The Labute approximate surface area is 142 Å². The summed E-state index contributed by atoms with van der Waals surface area (Å²) in [6.07, 6.45) is 2.34. The second-order valence-corrected chi connectivity index (χ2v) is 7.25. The van der Waals surface area contributed by atoms with Gasteiger partial charge in [0.2, 0.25) is 5.91 Å². The summed E-state index contributed by atoms with van der Waals surface area (Å²) >= 11 is 1.70. The van der Waals surface area contributed by atoms with Crippen molar-refractivity contribution in [2.75, 3.05) is 13.6 Å². The normalized spacial score (nSPS) is 13.2. The zero-order valence-corrected chi connectivity index (χ0v) is 15.3. The molecule has 126 valence electrons. The van der Waals surface area contributed by atoms with Crippen LogP contribution < -0.4 is 10.6 Å². The topological polar surface area (TPSA) is 54.0 Å². The van der Waals surface area contributed by atoms with Gasteiger partial charge in [0.05, 0.1) is 20.6 Å². The first-order valence-corrected chi connectivity index (χ1v) is 9.16. The first kappa shape index (κ1) is 17.9. The minimum atomic E-state index is -0.374. The highest BCUT2D eigenvalue weighted by molar-refractivity contribution is 7.18. The highest BCUT2D eigenvalue weighted by atomic mass is 32.1. The molecule has 1 atom stereocenters. The molecule has 1 aromatic carbocycles. The van der Waals surface area contributed by atoms with Gasteiger partial charge in [-0.3, -0.25) is 4.79 Å². The number of carbonyl (C=O) groups excluding carboxylic acids is 1. The average Bonchev–Trinajstić information content (AvgIpc) is 2.99. The van der Waals surface area contributed by atoms with Crippen LogP contribution in [0.3, 0.4) is 0 Å². The zero-order chi connectivity index (χ0) is 16.9. The molecule has 1 aromatic heterocycles. The zero-order valence-electron chi connectivity index (χ0n) is 14.5. The lowest BCUT2D eigenvalue weighted by molar-refractivity contribution is -0.131. The van der Waals surface area contributed by atoms with E-state index in [0.29, 0.717) is 13.0 Å². The Kier molecular flexibility index (Phi) is 6.13. The lowest BCUT2D eigenvalue weighted by Crippen LogP contribution is -2.46. The molecule has 2 N–H and O–H groups in total. The third-order valence-electron chi connectivity index (χ3n) is 4.72. The minimum absolute atomic E-state index is 0.142. The maximum Gasteiger partial charge on any atom is 0.226 e. The summed E-state index contributed by atoms with van der Waals surface area (Å²) in [5.41, 5.74) is 0.652. The van der Waals surface area contributed by atoms with Gasteiger partial charge in [0, 0.05) is 19.0 Å². The highest BCUT2D eigenvalue weighted by Crippen LogP contribution is 2.34. The molecule has 1 amide bonds. The summed E-state index contributed by atoms with van der Waals surface area (Å²) in [6, 6.07) is 8.43. The third kappa shape index (κ3) is 4.09. The fraction of sp³-hybridized carbons (Fsp3) is 0.556.